The smallest absolute Gasteiger partial charge is 0.142 e. The molecule has 376 valence electrons. The summed E-state index contributed by atoms with van der Waals surface area (Å²) >= 11 is 0. The SMILES string of the molecule is CC(C)c1ccc(N(c2ccc(-c3cc4ccccc4o3)cc2)c2ccc(-c3cc4ccc5c(ccc6cc(-c7ccc(N(c8ccc(-c9cc%10ccccc%10o9)cc8)c8ccc(C(C)C)cc8)cc7)oc65)c4o3)cc2)cc1. The number of fused-ring (bicyclic) bond motifs is 7. The van der Waals surface area contributed by atoms with Crippen molar-refractivity contribution in [3.63, 3.8) is 0 Å². The summed E-state index contributed by atoms with van der Waals surface area (Å²) in [5.74, 6) is 4.19. The molecule has 0 N–H and O–H groups in total. The predicted octanol–water partition coefficient (Wildman–Crippen LogP) is 21.7. The second-order valence-electron chi connectivity index (χ2n) is 20.9. The molecule has 0 amide bonds. The van der Waals surface area contributed by atoms with Crippen LogP contribution in [0.5, 0.6) is 0 Å². The second-order valence-corrected chi connectivity index (χ2v) is 20.9. The van der Waals surface area contributed by atoms with Crippen molar-refractivity contribution in [1.82, 2.24) is 0 Å². The summed E-state index contributed by atoms with van der Waals surface area (Å²) in [6.07, 6.45) is 0. The van der Waals surface area contributed by atoms with Crippen molar-refractivity contribution in [2.24, 2.45) is 0 Å². The normalized spacial score (nSPS) is 11.8. The van der Waals surface area contributed by atoms with Crippen molar-refractivity contribution in [2.75, 3.05) is 9.80 Å². The van der Waals surface area contributed by atoms with E-state index in [0.717, 1.165) is 134 Å². The highest BCUT2D eigenvalue weighted by molar-refractivity contribution is 6.15. The van der Waals surface area contributed by atoms with E-state index in [2.05, 4.69) is 244 Å². The lowest BCUT2D eigenvalue weighted by Gasteiger charge is -2.26. The van der Waals surface area contributed by atoms with Crippen molar-refractivity contribution in [1.29, 1.82) is 0 Å². The molecular weight excluding hydrogens is 957 g/mol. The number of furan rings is 4. The summed E-state index contributed by atoms with van der Waals surface area (Å²) in [5.41, 5.74) is 16.4. The van der Waals surface area contributed by atoms with E-state index in [1.54, 1.807) is 0 Å². The Bertz CT molecular complexity index is 4100. The van der Waals surface area contributed by atoms with Crippen LogP contribution < -0.4 is 9.80 Å². The molecule has 0 saturated heterocycles. The van der Waals surface area contributed by atoms with E-state index >= 15 is 0 Å². The first-order valence-electron chi connectivity index (χ1n) is 26.8. The van der Waals surface area contributed by atoms with Crippen molar-refractivity contribution in [2.45, 2.75) is 39.5 Å². The highest BCUT2D eigenvalue weighted by Crippen LogP contribution is 2.43. The Morgan fingerprint density at radius 1 is 0.269 bits per heavy atom. The molecule has 78 heavy (non-hydrogen) atoms. The van der Waals surface area contributed by atoms with Crippen LogP contribution in [0, 0.1) is 0 Å². The van der Waals surface area contributed by atoms with Gasteiger partial charge in [0.2, 0.25) is 0 Å². The van der Waals surface area contributed by atoms with Gasteiger partial charge >= 0.3 is 0 Å². The van der Waals surface area contributed by atoms with E-state index in [1.807, 2.05) is 36.4 Å². The van der Waals surface area contributed by atoms with Crippen molar-refractivity contribution < 1.29 is 17.7 Å². The molecule has 6 heteroatoms. The van der Waals surface area contributed by atoms with Gasteiger partial charge in [-0.2, -0.15) is 0 Å². The lowest BCUT2D eigenvalue weighted by atomic mass is 10.0. The fraction of sp³-hybridized carbons (Fsp3) is 0.0833. The zero-order valence-electron chi connectivity index (χ0n) is 43.8. The number of anilines is 6. The number of benzene rings is 10. The summed E-state index contributed by atoms with van der Waals surface area (Å²) in [5, 5.41) is 6.27. The number of para-hydroxylation sites is 2. The maximum atomic E-state index is 6.78. The third kappa shape index (κ3) is 8.48. The molecule has 14 aromatic rings. The Labute approximate surface area is 452 Å². The minimum Gasteiger partial charge on any atom is -0.456 e. The molecule has 4 heterocycles. The van der Waals surface area contributed by atoms with Crippen molar-refractivity contribution in [3.8, 4) is 45.3 Å². The lowest BCUT2D eigenvalue weighted by Crippen LogP contribution is -2.10. The van der Waals surface area contributed by atoms with Crippen LogP contribution >= 0.6 is 0 Å². The third-order valence-electron chi connectivity index (χ3n) is 15.3. The Morgan fingerprint density at radius 2 is 0.551 bits per heavy atom. The topological polar surface area (TPSA) is 59.0 Å². The fourth-order valence-corrected chi connectivity index (χ4v) is 10.9. The van der Waals surface area contributed by atoms with Gasteiger partial charge in [-0.05, 0) is 193 Å². The van der Waals surface area contributed by atoms with Gasteiger partial charge in [0.1, 0.15) is 45.4 Å². The van der Waals surface area contributed by atoms with E-state index < -0.39 is 0 Å². The van der Waals surface area contributed by atoms with Crippen LogP contribution in [0.4, 0.5) is 34.1 Å². The van der Waals surface area contributed by atoms with Crippen molar-refractivity contribution in [3.05, 3.63) is 254 Å². The molecular formula is C72H54N2O4. The molecule has 0 aliphatic rings. The highest BCUT2D eigenvalue weighted by Gasteiger charge is 2.20. The third-order valence-corrected chi connectivity index (χ3v) is 15.3. The molecule has 0 atom stereocenters. The van der Waals surface area contributed by atoms with Gasteiger partial charge in [0.25, 0.3) is 0 Å². The number of hydrogen-bond donors (Lipinski definition) is 0. The van der Waals surface area contributed by atoms with Crippen LogP contribution in [0.15, 0.2) is 260 Å². The minimum atomic E-state index is 0.437. The maximum absolute atomic E-state index is 6.78. The molecule has 0 saturated carbocycles. The van der Waals surface area contributed by atoms with E-state index in [-0.39, 0.29) is 0 Å². The second kappa shape index (κ2) is 19.1. The molecule has 0 aliphatic carbocycles. The molecule has 0 unspecified atom stereocenters. The van der Waals surface area contributed by atoms with Gasteiger partial charge in [-0.25, -0.2) is 0 Å². The molecule has 6 nitrogen and oxygen atoms in total. The van der Waals surface area contributed by atoms with Gasteiger partial charge in [-0.15, -0.1) is 0 Å². The van der Waals surface area contributed by atoms with Gasteiger partial charge in [0.05, 0.1) is 0 Å². The summed E-state index contributed by atoms with van der Waals surface area (Å²) in [7, 11) is 0. The summed E-state index contributed by atoms with van der Waals surface area (Å²) in [4.78, 5) is 4.59. The van der Waals surface area contributed by atoms with Gasteiger partial charge in [-0.3, -0.25) is 0 Å². The van der Waals surface area contributed by atoms with Gasteiger partial charge < -0.3 is 27.5 Å². The summed E-state index contributed by atoms with van der Waals surface area (Å²) in [6.45, 7) is 8.91. The first kappa shape index (κ1) is 46.7. The summed E-state index contributed by atoms with van der Waals surface area (Å²) in [6, 6.07) is 85.6. The van der Waals surface area contributed by atoms with Crippen LogP contribution in [0.2, 0.25) is 0 Å². The Kier molecular flexibility index (Phi) is 11.4. The average Bonchev–Trinajstić information content (AvgIpc) is 4.37. The van der Waals surface area contributed by atoms with Gasteiger partial charge in [0.15, 0.2) is 0 Å². The lowest BCUT2D eigenvalue weighted by molar-refractivity contribution is 0.631. The monoisotopic (exact) mass is 1010 g/mol. The van der Waals surface area contributed by atoms with Gasteiger partial charge in [-0.1, -0.05) is 100 Å². The molecule has 0 bridgehead atoms. The van der Waals surface area contributed by atoms with Crippen molar-refractivity contribution >= 4 is 88.8 Å². The van der Waals surface area contributed by atoms with Gasteiger partial charge in [0, 0.05) is 88.7 Å². The average molecular weight is 1010 g/mol. The largest absolute Gasteiger partial charge is 0.456 e. The number of rotatable bonds is 12. The molecule has 10 aromatic carbocycles. The zero-order valence-corrected chi connectivity index (χ0v) is 43.8. The summed E-state index contributed by atoms with van der Waals surface area (Å²) < 4.78 is 26.0. The molecule has 0 fully saturated rings. The first-order chi connectivity index (χ1) is 38.2. The Morgan fingerprint density at radius 3 is 0.859 bits per heavy atom. The quantitative estimate of drug-likeness (QED) is 0.122. The van der Waals surface area contributed by atoms with Crippen LogP contribution in [0.25, 0.3) is 99.9 Å². The Hall–Kier alpha value is -9.78. The standard InChI is InChI=1S/C72H54N2O4/c1-45(2)47-13-27-57(28-14-47)73(59-31-17-49(18-32-59)67-41-53-9-5-7-11-65(53)75-67)61-35-21-51(22-36-61)69-43-55-25-39-64-63(71(55)77-69)40-26-56-44-70(78-72(56)64)52-23-37-62(38-24-52)74(58-29-15-48(16-30-58)46(3)4)60-33-19-50(20-34-60)68-42-54-10-6-8-12-66(54)76-68/h5-46H,1-4H3. The molecule has 0 spiro atoms. The molecule has 0 radical (unpaired) electrons. The molecule has 4 aromatic heterocycles. The van der Waals surface area contributed by atoms with Crippen LogP contribution in [-0.4, -0.2) is 0 Å². The molecule has 14 rings (SSSR count). The number of nitrogens with zero attached hydrogens (tertiary/aromatic N) is 2. The molecule has 0 aliphatic heterocycles. The first-order valence-corrected chi connectivity index (χ1v) is 26.8. The Balaban J connectivity index is 0.750. The van der Waals surface area contributed by atoms with E-state index in [0.29, 0.717) is 11.8 Å². The van der Waals surface area contributed by atoms with Crippen LogP contribution in [0.1, 0.15) is 50.7 Å². The van der Waals surface area contributed by atoms with E-state index in [4.69, 9.17) is 17.7 Å². The van der Waals surface area contributed by atoms with Crippen LogP contribution in [0.3, 0.4) is 0 Å². The maximum Gasteiger partial charge on any atom is 0.142 e. The van der Waals surface area contributed by atoms with E-state index in [1.165, 1.54) is 11.1 Å². The minimum absolute atomic E-state index is 0.437. The number of hydrogen-bond acceptors (Lipinski definition) is 6. The van der Waals surface area contributed by atoms with E-state index in [9.17, 15) is 0 Å². The zero-order chi connectivity index (χ0) is 52.4. The fourth-order valence-electron chi connectivity index (χ4n) is 10.9. The highest BCUT2D eigenvalue weighted by atomic mass is 16.3. The van der Waals surface area contributed by atoms with Crippen LogP contribution in [-0.2, 0) is 0 Å². The predicted molar refractivity (Wildman–Crippen MR) is 322 cm³/mol.